The fourth-order valence-corrected chi connectivity index (χ4v) is 1.48. The Morgan fingerprint density at radius 2 is 0.941 bits per heavy atom. The van der Waals surface area contributed by atoms with Gasteiger partial charge in [0, 0.05) is 26.2 Å². The molecule has 0 aromatic carbocycles. The number of carbonyl (C=O) groups is 2. The maximum absolute atomic E-state index is 10.3. The maximum atomic E-state index is 10.3. The Balaban J connectivity index is -0.000000218. The van der Waals surface area contributed by atoms with Crippen LogP contribution < -0.4 is 0 Å². The molecule has 0 aromatic rings. The van der Waals surface area contributed by atoms with E-state index >= 15 is 0 Å². The third-order valence-electron chi connectivity index (χ3n) is 2.04. The van der Waals surface area contributed by atoms with Gasteiger partial charge in [-0.2, -0.15) is 0 Å². The van der Waals surface area contributed by atoms with Crippen LogP contribution in [0.15, 0.2) is 0 Å². The van der Waals surface area contributed by atoms with E-state index in [1.54, 1.807) is 9.80 Å². The molecule has 0 bridgehead atoms. The predicted molar refractivity (Wildman–Crippen MR) is 71.4 cm³/mol. The second kappa shape index (κ2) is 14.0. The molecule has 0 fully saturated rings. The Hall–Kier alpha value is -0.101. The van der Waals surface area contributed by atoms with E-state index in [4.69, 9.17) is 0 Å². The standard InChI is InChI=1S/2C5H11NOS.Cu/c2*1-3-6(4-2)5(7)8;/h2*3-4H2,1-2H3,(H,7,8);/q;;+2/p-2. The number of rotatable bonds is 4. The van der Waals surface area contributed by atoms with Crippen LogP contribution in [0.4, 0.5) is 9.59 Å². The van der Waals surface area contributed by atoms with Crippen LogP contribution in [0.2, 0.25) is 0 Å². The molecule has 0 heterocycles. The summed E-state index contributed by atoms with van der Waals surface area (Å²) in [7, 11) is 0. The van der Waals surface area contributed by atoms with Crippen molar-refractivity contribution in [2.45, 2.75) is 27.7 Å². The van der Waals surface area contributed by atoms with Crippen molar-refractivity contribution in [2.24, 2.45) is 0 Å². The zero-order valence-electron chi connectivity index (χ0n) is 10.7. The van der Waals surface area contributed by atoms with E-state index in [-0.39, 0.29) is 27.5 Å². The number of hydrogen-bond acceptors (Lipinski definition) is 4. The number of carbonyl (C=O) groups excluding carboxylic acids is 2. The molecule has 0 aliphatic rings. The summed E-state index contributed by atoms with van der Waals surface area (Å²) in [4.78, 5) is 23.9. The molecule has 0 aliphatic carbocycles. The molecule has 0 saturated carbocycles. The largest absolute Gasteiger partial charge is 2.00 e. The first-order valence-corrected chi connectivity index (χ1v) is 6.17. The van der Waals surface area contributed by atoms with Gasteiger partial charge in [0.25, 0.3) is 0 Å². The van der Waals surface area contributed by atoms with E-state index in [1.165, 1.54) is 0 Å². The first-order chi connectivity index (χ1) is 7.44. The number of amides is 2. The summed E-state index contributed by atoms with van der Waals surface area (Å²) in [5.41, 5.74) is 0. The molecule has 0 aromatic heterocycles. The molecule has 0 N–H and O–H groups in total. The monoisotopic (exact) mass is 327 g/mol. The normalized spacial score (nSPS) is 8.24. The molecule has 0 rings (SSSR count). The van der Waals surface area contributed by atoms with Crippen LogP contribution in [0.1, 0.15) is 27.7 Å². The minimum absolute atomic E-state index is 0. The van der Waals surface area contributed by atoms with Gasteiger partial charge in [-0.15, -0.1) is 0 Å². The van der Waals surface area contributed by atoms with Crippen molar-refractivity contribution in [3.8, 4) is 0 Å². The average Bonchev–Trinajstić information content (AvgIpc) is 2.21. The third kappa shape index (κ3) is 12.2. The second-order valence-electron chi connectivity index (χ2n) is 2.88. The van der Waals surface area contributed by atoms with Crippen LogP contribution in [0.3, 0.4) is 0 Å². The van der Waals surface area contributed by atoms with Gasteiger partial charge in [-0.3, -0.25) is 0 Å². The van der Waals surface area contributed by atoms with Gasteiger partial charge >= 0.3 is 17.1 Å². The molecule has 1 radical (unpaired) electrons. The van der Waals surface area contributed by atoms with E-state index in [0.717, 1.165) is 26.2 Å². The quantitative estimate of drug-likeness (QED) is 0.585. The molecule has 2 amide bonds. The number of nitrogens with zero attached hydrogens (tertiary/aromatic N) is 2. The van der Waals surface area contributed by atoms with Crippen LogP contribution in [-0.2, 0) is 42.3 Å². The summed E-state index contributed by atoms with van der Waals surface area (Å²) < 4.78 is 0. The van der Waals surface area contributed by atoms with Crippen LogP contribution in [0, 0.1) is 0 Å². The van der Waals surface area contributed by atoms with Crippen LogP contribution >= 0.6 is 0 Å². The molecule has 7 heteroatoms. The Morgan fingerprint density at radius 1 is 0.765 bits per heavy atom. The van der Waals surface area contributed by atoms with Gasteiger partial charge in [-0.1, -0.05) is 0 Å². The predicted octanol–water partition coefficient (Wildman–Crippen LogP) is 1.99. The Labute approximate surface area is 126 Å². The molecular weight excluding hydrogens is 308 g/mol. The van der Waals surface area contributed by atoms with Crippen molar-refractivity contribution in [1.29, 1.82) is 0 Å². The van der Waals surface area contributed by atoms with E-state index in [0.29, 0.717) is 0 Å². The van der Waals surface area contributed by atoms with Crippen LogP contribution in [0.25, 0.3) is 0 Å². The van der Waals surface area contributed by atoms with Gasteiger partial charge in [0.1, 0.15) is 10.5 Å². The maximum Gasteiger partial charge on any atom is 2.00 e. The van der Waals surface area contributed by atoms with Crippen molar-refractivity contribution < 1.29 is 26.7 Å². The number of hydrogen-bond donors (Lipinski definition) is 0. The molecule has 0 saturated heterocycles. The van der Waals surface area contributed by atoms with Crippen molar-refractivity contribution >= 4 is 35.7 Å². The van der Waals surface area contributed by atoms with Crippen LogP contribution in [0.5, 0.6) is 0 Å². The molecule has 105 valence electrons. The van der Waals surface area contributed by atoms with Gasteiger partial charge in [-0.05, 0) is 27.7 Å². The molecule has 17 heavy (non-hydrogen) atoms. The summed E-state index contributed by atoms with van der Waals surface area (Å²) >= 11 is 8.77. The second-order valence-corrected chi connectivity index (χ2v) is 3.57. The first-order valence-electron chi connectivity index (χ1n) is 5.36. The van der Waals surface area contributed by atoms with Crippen LogP contribution in [-0.4, -0.2) is 46.5 Å². The Bertz CT molecular complexity index is 188. The molecule has 0 atom stereocenters. The molecule has 0 aliphatic heterocycles. The minimum atomic E-state index is -0.255. The van der Waals surface area contributed by atoms with E-state index in [9.17, 15) is 9.59 Å². The van der Waals surface area contributed by atoms with Gasteiger partial charge in [0.2, 0.25) is 0 Å². The Kier molecular flexibility index (Phi) is 18.2. The van der Waals surface area contributed by atoms with Crippen molar-refractivity contribution in [3.05, 3.63) is 0 Å². The summed E-state index contributed by atoms with van der Waals surface area (Å²) in [5.74, 6) is 0. The molecule has 0 unspecified atom stereocenters. The average molecular weight is 328 g/mol. The fraction of sp³-hybridized carbons (Fsp3) is 0.800. The topological polar surface area (TPSA) is 40.6 Å². The fourth-order valence-electron chi connectivity index (χ4n) is 0.964. The van der Waals surface area contributed by atoms with Crippen molar-refractivity contribution in [2.75, 3.05) is 26.2 Å². The van der Waals surface area contributed by atoms with E-state index in [1.807, 2.05) is 27.7 Å². The first kappa shape index (κ1) is 22.1. The molecule has 4 nitrogen and oxygen atoms in total. The third-order valence-corrected chi connectivity index (χ3v) is 2.56. The summed E-state index contributed by atoms with van der Waals surface area (Å²) in [5, 5.41) is -0.509. The van der Waals surface area contributed by atoms with Crippen molar-refractivity contribution in [3.63, 3.8) is 0 Å². The molecular formula is C10H20CuN2O2S2. The summed E-state index contributed by atoms with van der Waals surface area (Å²) in [6, 6.07) is 0. The smallest absolute Gasteiger partial charge is 0.719 e. The van der Waals surface area contributed by atoms with Gasteiger partial charge in [-0.25, -0.2) is 0 Å². The van der Waals surface area contributed by atoms with Gasteiger partial charge in [0.05, 0.1) is 0 Å². The van der Waals surface area contributed by atoms with E-state index in [2.05, 4.69) is 25.3 Å². The zero-order valence-corrected chi connectivity index (χ0v) is 13.2. The van der Waals surface area contributed by atoms with Crippen molar-refractivity contribution in [1.82, 2.24) is 9.80 Å². The van der Waals surface area contributed by atoms with E-state index < -0.39 is 0 Å². The minimum Gasteiger partial charge on any atom is -0.719 e. The zero-order chi connectivity index (χ0) is 13.1. The Morgan fingerprint density at radius 3 is 0.941 bits per heavy atom. The SMILES string of the molecule is CCN(CC)C(=O)[S-].CCN(CC)C(=O)[S-].[Cu+2]. The molecule has 0 spiro atoms. The van der Waals surface area contributed by atoms with Gasteiger partial charge in [0.15, 0.2) is 0 Å². The summed E-state index contributed by atoms with van der Waals surface area (Å²) in [6.45, 7) is 10.5. The van der Waals surface area contributed by atoms with Gasteiger partial charge < -0.3 is 44.6 Å². The summed E-state index contributed by atoms with van der Waals surface area (Å²) in [6.07, 6.45) is 0.